The van der Waals surface area contributed by atoms with Gasteiger partial charge in [0.1, 0.15) is 5.82 Å². The van der Waals surface area contributed by atoms with Crippen LogP contribution < -0.4 is 10.1 Å². The summed E-state index contributed by atoms with van der Waals surface area (Å²) in [6.07, 6.45) is 1.08. The quantitative estimate of drug-likeness (QED) is 0.500. The number of amides is 1. The third kappa shape index (κ3) is 4.89. The number of alkyl halides is 3. The van der Waals surface area contributed by atoms with Gasteiger partial charge in [-0.05, 0) is 43.3 Å². The fraction of sp³-hybridized carbons (Fsp3) is 0.0952. The van der Waals surface area contributed by atoms with Crippen molar-refractivity contribution in [3.8, 4) is 22.8 Å². The van der Waals surface area contributed by atoms with Crippen LogP contribution in [0, 0.1) is 6.92 Å². The minimum atomic E-state index is -4.85. The molecule has 0 saturated heterocycles. The lowest BCUT2D eigenvalue weighted by atomic mass is 10.2. The molecule has 0 aliphatic rings. The van der Waals surface area contributed by atoms with E-state index in [9.17, 15) is 18.0 Å². The summed E-state index contributed by atoms with van der Waals surface area (Å²) in [7, 11) is 0. The molecule has 4 aromatic rings. The van der Waals surface area contributed by atoms with Gasteiger partial charge in [-0.15, -0.1) is 13.2 Å². The number of carbonyl (C=O) groups is 1. The molecule has 0 aromatic carbocycles. The van der Waals surface area contributed by atoms with Gasteiger partial charge in [0.05, 0.1) is 23.1 Å². The van der Waals surface area contributed by atoms with Crippen LogP contribution in [0.3, 0.4) is 0 Å². The van der Waals surface area contributed by atoms with Gasteiger partial charge in [-0.25, -0.2) is 14.6 Å². The Morgan fingerprint density at radius 2 is 1.91 bits per heavy atom. The van der Waals surface area contributed by atoms with Gasteiger partial charge in [0.25, 0.3) is 5.91 Å². The highest BCUT2D eigenvalue weighted by Gasteiger charge is 2.31. The maximum Gasteiger partial charge on any atom is 0.574 e. The van der Waals surface area contributed by atoms with Crippen LogP contribution in [-0.4, -0.2) is 37.0 Å². The molecule has 4 heterocycles. The molecule has 11 heteroatoms. The second kappa shape index (κ2) is 8.46. The number of anilines is 1. The Kier molecular flexibility index (Phi) is 5.54. The van der Waals surface area contributed by atoms with E-state index < -0.39 is 18.1 Å². The molecule has 4 rings (SSSR count). The molecule has 0 saturated carbocycles. The molecule has 162 valence electrons. The highest BCUT2D eigenvalue weighted by atomic mass is 19.4. The van der Waals surface area contributed by atoms with Gasteiger partial charge in [0, 0.05) is 35.9 Å². The summed E-state index contributed by atoms with van der Waals surface area (Å²) < 4.78 is 42.0. The molecule has 0 spiro atoms. The third-order valence-corrected chi connectivity index (χ3v) is 4.30. The number of halogens is 3. The van der Waals surface area contributed by atoms with Crippen molar-refractivity contribution in [2.45, 2.75) is 13.3 Å². The molecule has 0 bridgehead atoms. The van der Waals surface area contributed by atoms with Crippen molar-refractivity contribution in [1.82, 2.24) is 24.7 Å². The third-order valence-electron chi connectivity index (χ3n) is 4.30. The van der Waals surface area contributed by atoms with Crippen molar-refractivity contribution in [1.29, 1.82) is 0 Å². The first-order valence-corrected chi connectivity index (χ1v) is 9.25. The largest absolute Gasteiger partial charge is 0.574 e. The number of aromatic nitrogens is 5. The van der Waals surface area contributed by atoms with Crippen molar-refractivity contribution >= 4 is 11.7 Å². The van der Waals surface area contributed by atoms with Crippen molar-refractivity contribution in [3.05, 3.63) is 78.5 Å². The zero-order valence-corrected chi connectivity index (χ0v) is 16.5. The van der Waals surface area contributed by atoms with Crippen LogP contribution in [0.4, 0.5) is 19.0 Å². The first-order chi connectivity index (χ1) is 15.3. The summed E-state index contributed by atoms with van der Waals surface area (Å²) in [5.74, 6) is -0.978. The van der Waals surface area contributed by atoms with Gasteiger partial charge in [0.2, 0.25) is 5.88 Å². The Morgan fingerprint density at radius 1 is 1.06 bits per heavy atom. The first-order valence-electron chi connectivity index (χ1n) is 9.25. The number of hydrogen-bond acceptors (Lipinski definition) is 6. The van der Waals surface area contributed by atoms with E-state index in [1.807, 2.05) is 25.1 Å². The SMILES string of the molecule is Cc1cc(-c2cccnc2)nn1-c1ccc(NC(=O)c2ccc(OC(F)(F)F)nc2)nc1. The smallest absolute Gasteiger partial charge is 0.388 e. The minimum Gasteiger partial charge on any atom is -0.388 e. The van der Waals surface area contributed by atoms with Crippen molar-refractivity contribution < 1.29 is 22.7 Å². The second-order valence-corrected chi connectivity index (χ2v) is 6.61. The standard InChI is InChI=1S/C21H15F3N6O2/c1-13-9-17(14-3-2-8-25-10-14)29-30(13)16-5-6-18(26-12-16)28-20(31)15-4-7-19(27-11-15)32-21(22,23)24/h2-12H,1H3,(H,26,28,31). The Labute approximate surface area is 179 Å². The minimum absolute atomic E-state index is 0.0504. The maximum atomic E-state index is 12.3. The fourth-order valence-electron chi connectivity index (χ4n) is 2.86. The van der Waals surface area contributed by atoms with E-state index in [2.05, 4.69) is 30.1 Å². The molecule has 0 radical (unpaired) electrons. The Balaban J connectivity index is 1.45. The monoisotopic (exact) mass is 440 g/mol. The van der Waals surface area contributed by atoms with Crippen LogP contribution in [0.25, 0.3) is 16.9 Å². The van der Waals surface area contributed by atoms with Crippen LogP contribution in [0.5, 0.6) is 5.88 Å². The number of ether oxygens (including phenoxy) is 1. The molecule has 8 nitrogen and oxygen atoms in total. The van der Waals surface area contributed by atoms with Crippen LogP contribution in [-0.2, 0) is 0 Å². The Hall–Kier alpha value is -4.28. The predicted molar refractivity (Wildman–Crippen MR) is 108 cm³/mol. The maximum absolute atomic E-state index is 12.3. The molecule has 0 aliphatic carbocycles. The average Bonchev–Trinajstić information content (AvgIpc) is 3.16. The molecule has 0 unspecified atom stereocenters. The summed E-state index contributed by atoms with van der Waals surface area (Å²) in [6.45, 7) is 1.90. The van der Waals surface area contributed by atoms with Crippen LogP contribution in [0.15, 0.2) is 67.3 Å². The number of carbonyl (C=O) groups excluding carboxylic acids is 1. The van der Waals surface area contributed by atoms with Gasteiger partial charge in [0.15, 0.2) is 0 Å². The molecule has 0 atom stereocenters. The number of aryl methyl sites for hydroxylation is 1. The van der Waals surface area contributed by atoms with E-state index in [-0.39, 0.29) is 11.4 Å². The predicted octanol–water partition coefficient (Wildman–Crippen LogP) is 4.18. The van der Waals surface area contributed by atoms with E-state index in [0.717, 1.165) is 29.2 Å². The zero-order valence-electron chi connectivity index (χ0n) is 16.5. The lowest BCUT2D eigenvalue weighted by molar-refractivity contribution is -0.276. The van der Waals surface area contributed by atoms with Gasteiger partial charge in [-0.1, -0.05) is 0 Å². The highest BCUT2D eigenvalue weighted by Crippen LogP contribution is 2.22. The number of pyridine rings is 3. The number of nitrogens with one attached hydrogen (secondary N) is 1. The summed E-state index contributed by atoms with van der Waals surface area (Å²) in [5.41, 5.74) is 3.26. The van der Waals surface area contributed by atoms with Crippen LogP contribution in [0.1, 0.15) is 16.1 Å². The topological polar surface area (TPSA) is 94.8 Å². The highest BCUT2D eigenvalue weighted by molar-refractivity contribution is 6.03. The Morgan fingerprint density at radius 3 is 2.53 bits per heavy atom. The number of hydrogen-bond donors (Lipinski definition) is 1. The normalized spacial score (nSPS) is 11.2. The summed E-state index contributed by atoms with van der Waals surface area (Å²) in [6, 6.07) is 11.1. The summed E-state index contributed by atoms with van der Waals surface area (Å²) in [5, 5.41) is 7.13. The van der Waals surface area contributed by atoms with E-state index in [4.69, 9.17) is 0 Å². The molecule has 0 aliphatic heterocycles. The van der Waals surface area contributed by atoms with Crippen LogP contribution >= 0.6 is 0 Å². The van der Waals surface area contributed by atoms with E-state index in [1.165, 1.54) is 6.07 Å². The van der Waals surface area contributed by atoms with Crippen molar-refractivity contribution in [3.63, 3.8) is 0 Å². The van der Waals surface area contributed by atoms with Crippen molar-refractivity contribution in [2.75, 3.05) is 5.32 Å². The molecule has 32 heavy (non-hydrogen) atoms. The lowest BCUT2D eigenvalue weighted by Gasteiger charge is -2.09. The molecule has 0 fully saturated rings. The van der Waals surface area contributed by atoms with Gasteiger partial charge in [-0.3, -0.25) is 9.78 Å². The van der Waals surface area contributed by atoms with E-state index in [1.54, 1.807) is 35.4 Å². The fourth-order valence-corrected chi connectivity index (χ4v) is 2.86. The van der Waals surface area contributed by atoms with Gasteiger partial charge >= 0.3 is 6.36 Å². The molecule has 4 aromatic heterocycles. The van der Waals surface area contributed by atoms with E-state index >= 15 is 0 Å². The first kappa shape index (κ1) is 21.0. The Bertz CT molecular complexity index is 1220. The van der Waals surface area contributed by atoms with Crippen molar-refractivity contribution in [2.24, 2.45) is 0 Å². The molecule has 1 amide bonds. The summed E-state index contributed by atoms with van der Waals surface area (Å²) >= 11 is 0. The number of nitrogens with zero attached hydrogens (tertiary/aromatic N) is 5. The summed E-state index contributed by atoms with van der Waals surface area (Å²) in [4.78, 5) is 24.1. The molecular weight excluding hydrogens is 425 g/mol. The average molecular weight is 440 g/mol. The van der Waals surface area contributed by atoms with Crippen LogP contribution in [0.2, 0.25) is 0 Å². The number of rotatable bonds is 5. The second-order valence-electron chi connectivity index (χ2n) is 6.61. The zero-order chi connectivity index (χ0) is 22.7. The molecule has 1 N–H and O–H groups in total. The van der Waals surface area contributed by atoms with Gasteiger partial charge in [-0.2, -0.15) is 5.10 Å². The lowest BCUT2D eigenvalue weighted by Crippen LogP contribution is -2.18. The molecular formula is C21H15F3N6O2. The van der Waals surface area contributed by atoms with E-state index in [0.29, 0.717) is 5.69 Å². The van der Waals surface area contributed by atoms with Gasteiger partial charge < -0.3 is 10.1 Å².